The van der Waals surface area contributed by atoms with Gasteiger partial charge >= 0.3 is 0 Å². The first-order valence-corrected chi connectivity index (χ1v) is 6.61. The molecule has 1 aliphatic heterocycles. The normalized spacial score (nSPS) is 18.5. The molecular weight excluding hydrogens is 238 g/mol. The molecule has 1 N–H and O–H groups in total. The van der Waals surface area contributed by atoms with Crippen molar-refractivity contribution in [2.75, 3.05) is 6.54 Å². The highest BCUT2D eigenvalue weighted by Gasteiger charge is 2.18. The van der Waals surface area contributed by atoms with Gasteiger partial charge in [-0.3, -0.25) is 0 Å². The second-order valence-electron chi connectivity index (χ2n) is 4.84. The van der Waals surface area contributed by atoms with Gasteiger partial charge in [0.25, 0.3) is 0 Å². The molecule has 0 bridgehead atoms. The Bertz CT molecular complexity index is 530. The van der Waals surface area contributed by atoms with Crippen molar-refractivity contribution in [2.45, 2.75) is 25.8 Å². The Hall–Kier alpha value is -1.94. The molecule has 0 aliphatic carbocycles. The van der Waals surface area contributed by atoms with Crippen molar-refractivity contribution in [3.8, 4) is 11.5 Å². The van der Waals surface area contributed by atoms with Gasteiger partial charge in [-0.15, -0.1) is 0 Å². The molecule has 3 rings (SSSR count). The number of benzene rings is 1. The van der Waals surface area contributed by atoms with E-state index >= 15 is 0 Å². The molecule has 1 aromatic heterocycles. The van der Waals surface area contributed by atoms with Crippen molar-refractivity contribution in [3.63, 3.8) is 0 Å². The quantitative estimate of drug-likeness (QED) is 0.915. The van der Waals surface area contributed by atoms with E-state index < -0.39 is 0 Å². The maximum absolute atomic E-state index is 5.71. The fourth-order valence-electron chi connectivity index (χ4n) is 2.21. The summed E-state index contributed by atoms with van der Waals surface area (Å²) in [4.78, 5) is 8.75. The minimum Gasteiger partial charge on any atom is -0.454 e. The molecule has 0 saturated carbocycles. The lowest BCUT2D eigenvalue weighted by Crippen LogP contribution is -2.15. The molecule has 1 aromatic carbocycles. The summed E-state index contributed by atoms with van der Waals surface area (Å²) in [6.45, 7) is 3.10. The zero-order chi connectivity index (χ0) is 13.1. The van der Waals surface area contributed by atoms with Gasteiger partial charge in [0, 0.05) is 0 Å². The summed E-state index contributed by atoms with van der Waals surface area (Å²) in [5, 5.41) is 3.38. The number of aryl methyl sites for hydroxylation is 1. The maximum Gasteiger partial charge on any atom is 0.164 e. The fraction of sp³-hybridized carbons (Fsp3) is 0.333. The topological polar surface area (TPSA) is 47.0 Å². The van der Waals surface area contributed by atoms with Crippen LogP contribution in [0.5, 0.6) is 11.5 Å². The summed E-state index contributed by atoms with van der Waals surface area (Å²) in [7, 11) is 0. The molecule has 1 aliphatic rings. The number of ether oxygens (including phenoxy) is 1. The van der Waals surface area contributed by atoms with Crippen molar-refractivity contribution >= 4 is 0 Å². The van der Waals surface area contributed by atoms with Crippen LogP contribution in [0.1, 0.15) is 30.3 Å². The average Bonchev–Trinajstić information content (AvgIpc) is 2.96. The van der Waals surface area contributed by atoms with E-state index in [0.717, 1.165) is 24.5 Å². The van der Waals surface area contributed by atoms with Gasteiger partial charge in [-0.1, -0.05) is 17.7 Å². The highest BCUT2D eigenvalue weighted by Crippen LogP contribution is 2.23. The molecule has 19 heavy (non-hydrogen) atoms. The zero-order valence-electron chi connectivity index (χ0n) is 11.0. The number of nitrogens with one attached hydrogen (secondary N) is 1. The Morgan fingerprint density at radius 1 is 1.11 bits per heavy atom. The number of rotatable bonds is 3. The van der Waals surface area contributed by atoms with Gasteiger partial charge in [-0.25, -0.2) is 9.97 Å². The van der Waals surface area contributed by atoms with Gasteiger partial charge in [0.05, 0.1) is 18.4 Å². The van der Waals surface area contributed by atoms with Crippen LogP contribution >= 0.6 is 0 Å². The molecule has 0 amide bonds. The van der Waals surface area contributed by atoms with E-state index in [4.69, 9.17) is 4.74 Å². The molecule has 4 heteroatoms. The second kappa shape index (κ2) is 5.36. The van der Waals surface area contributed by atoms with Crippen molar-refractivity contribution in [1.82, 2.24) is 15.3 Å². The first-order valence-electron chi connectivity index (χ1n) is 6.61. The van der Waals surface area contributed by atoms with Crippen molar-refractivity contribution in [2.24, 2.45) is 0 Å². The van der Waals surface area contributed by atoms with Gasteiger partial charge in [0.2, 0.25) is 0 Å². The van der Waals surface area contributed by atoms with Crippen LogP contribution in [0, 0.1) is 6.92 Å². The molecule has 1 saturated heterocycles. The smallest absolute Gasteiger partial charge is 0.164 e. The molecule has 2 heterocycles. The molecule has 0 spiro atoms. The first-order chi connectivity index (χ1) is 9.31. The second-order valence-corrected chi connectivity index (χ2v) is 4.84. The Morgan fingerprint density at radius 3 is 2.47 bits per heavy atom. The van der Waals surface area contributed by atoms with E-state index in [2.05, 4.69) is 22.2 Å². The van der Waals surface area contributed by atoms with Crippen LogP contribution in [0.25, 0.3) is 0 Å². The van der Waals surface area contributed by atoms with Crippen molar-refractivity contribution in [3.05, 3.63) is 48.0 Å². The van der Waals surface area contributed by atoms with Crippen LogP contribution in [0.2, 0.25) is 0 Å². The van der Waals surface area contributed by atoms with Gasteiger partial charge in [-0.05, 0) is 38.4 Å². The van der Waals surface area contributed by atoms with Gasteiger partial charge in [0.15, 0.2) is 5.75 Å². The van der Waals surface area contributed by atoms with Crippen LogP contribution < -0.4 is 10.1 Å². The SMILES string of the molecule is Cc1ccc(Oc2cnc(C3CCCN3)nc2)cc1. The van der Waals surface area contributed by atoms with E-state index in [1.54, 1.807) is 12.4 Å². The monoisotopic (exact) mass is 255 g/mol. The third-order valence-corrected chi connectivity index (χ3v) is 3.28. The van der Waals surface area contributed by atoms with E-state index in [1.165, 1.54) is 12.0 Å². The predicted molar refractivity (Wildman–Crippen MR) is 73.3 cm³/mol. The Balaban J connectivity index is 1.70. The molecule has 1 unspecified atom stereocenters. The molecule has 0 radical (unpaired) electrons. The summed E-state index contributed by atoms with van der Waals surface area (Å²) in [5.41, 5.74) is 1.21. The summed E-state index contributed by atoms with van der Waals surface area (Å²) in [6.07, 6.45) is 5.78. The largest absolute Gasteiger partial charge is 0.454 e. The van der Waals surface area contributed by atoms with E-state index in [-0.39, 0.29) is 0 Å². The maximum atomic E-state index is 5.71. The highest BCUT2D eigenvalue weighted by molar-refractivity contribution is 5.30. The Kier molecular flexibility index (Phi) is 3.42. The third-order valence-electron chi connectivity index (χ3n) is 3.28. The molecular formula is C15H17N3O. The lowest BCUT2D eigenvalue weighted by Gasteiger charge is -2.09. The highest BCUT2D eigenvalue weighted by atomic mass is 16.5. The van der Waals surface area contributed by atoms with Crippen LogP contribution in [-0.4, -0.2) is 16.5 Å². The third kappa shape index (κ3) is 2.90. The van der Waals surface area contributed by atoms with Crippen LogP contribution in [0.4, 0.5) is 0 Å². The first kappa shape index (κ1) is 12.1. The molecule has 1 fully saturated rings. The number of hydrogen-bond acceptors (Lipinski definition) is 4. The summed E-state index contributed by atoms with van der Waals surface area (Å²) in [5.74, 6) is 2.33. The standard InChI is InChI=1S/C15H17N3O/c1-11-4-6-12(7-5-11)19-13-9-17-15(18-10-13)14-3-2-8-16-14/h4-7,9-10,14,16H,2-3,8H2,1H3. The lowest BCUT2D eigenvalue weighted by atomic mass is 10.2. The van der Waals surface area contributed by atoms with Gasteiger partial charge < -0.3 is 10.1 Å². The molecule has 1 atom stereocenters. The predicted octanol–water partition coefficient (Wildman–Crippen LogP) is 3.00. The minimum atomic E-state index is 0.299. The van der Waals surface area contributed by atoms with Gasteiger partial charge in [0.1, 0.15) is 11.6 Å². The van der Waals surface area contributed by atoms with E-state index in [9.17, 15) is 0 Å². The molecule has 98 valence electrons. The molecule has 2 aromatic rings. The lowest BCUT2D eigenvalue weighted by molar-refractivity contribution is 0.473. The number of aromatic nitrogens is 2. The van der Waals surface area contributed by atoms with Crippen LogP contribution in [0.15, 0.2) is 36.7 Å². The molecule has 4 nitrogen and oxygen atoms in total. The zero-order valence-corrected chi connectivity index (χ0v) is 11.0. The van der Waals surface area contributed by atoms with Crippen molar-refractivity contribution < 1.29 is 4.74 Å². The fourth-order valence-corrected chi connectivity index (χ4v) is 2.21. The van der Waals surface area contributed by atoms with Crippen LogP contribution in [0.3, 0.4) is 0 Å². The summed E-state index contributed by atoms with van der Waals surface area (Å²) in [6, 6.07) is 8.23. The van der Waals surface area contributed by atoms with Crippen LogP contribution in [-0.2, 0) is 0 Å². The average molecular weight is 255 g/mol. The van der Waals surface area contributed by atoms with E-state index in [1.807, 2.05) is 24.3 Å². The Labute approximate surface area is 112 Å². The van der Waals surface area contributed by atoms with Crippen molar-refractivity contribution in [1.29, 1.82) is 0 Å². The summed E-state index contributed by atoms with van der Waals surface area (Å²) >= 11 is 0. The number of hydrogen-bond donors (Lipinski definition) is 1. The van der Waals surface area contributed by atoms with E-state index in [0.29, 0.717) is 11.8 Å². The Morgan fingerprint density at radius 2 is 1.84 bits per heavy atom. The summed E-state index contributed by atoms with van der Waals surface area (Å²) < 4.78 is 5.71. The van der Waals surface area contributed by atoms with Gasteiger partial charge in [-0.2, -0.15) is 0 Å². The number of nitrogens with zero attached hydrogens (tertiary/aromatic N) is 2. The minimum absolute atomic E-state index is 0.299.